The molecule has 3 nitrogen and oxygen atoms in total. The van der Waals surface area contributed by atoms with Crippen molar-refractivity contribution < 1.29 is 4.79 Å². The summed E-state index contributed by atoms with van der Waals surface area (Å²) in [5, 5.41) is 2.98. The highest BCUT2D eigenvalue weighted by atomic mass is 16.2. The number of nitrogens with zero attached hydrogens (tertiary/aromatic N) is 1. The molecule has 3 heteroatoms. The van der Waals surface area contributed by atoms with Crippen molar-refractivity contribution in [1.29, 1.82) is 0 Å². The van der Waals surface area contributed by atoms with Crippen LogP contribution in [0.5, 0.6) is 0 Å². The van der Waals surface area contributed by atoms with E-state index in [0.29, 0.717) is 6.54 Å². The molecule has 0 spiro atoms. The Morgan fingerprint density at radius 3 is 2.32 bits per heavy atom. The highest BCUT2D eigenvalue weighted by Gasteiger charge is 2.12. The second-order valence-electron chi connectivity index (χ2n) is 5.29. The predicted octanol–water partition coefficient (Wildman–Crippen LogP) is 3.06. The van der Waals surface area contributed by atoms with Crippen molar-refractivity contribution in [3.05, 3.63) is 29.8 Å². The topological polar surface area (TPSA) is 32.3 Å². The molecule has 1 aliphatic rings. The summed E-state index contributed by atoms with van der Waals surface area (Å²) in [6, 6.07) is 8.11. The lowest BCUT2D eigenvalue weighted by atomic mass is 10.1. The normalized spacial score (nSPS) is 16.9. The summed E-state index contributed by atoms with van der Waals surface area (Å²) in [6.07, 6.45) is 6.08. The van der Waals surface area contributed by atoms with Crippen molar-refractivity contribution >= 4 is 11.6 Å². The van der Waals surface area contributed by atoms with Gasteiger partial charge in [0.25, 0.3) is 0 Å². The number of benzene rings is 1. The van der Waals surface area contributed by atoms with E-state index in [0.717, 1.165) is 25.2 Å². The zero-order valence-electron chi connectivity index (χ0n) is 11.8. The number of hydrogen-bond acceptors (Lipinski definition) is 2. The van der Waals surface area contributed by atoms with E-state index in [-0.39, 0.29) is 5.91 Å². The first kappa shape index (κ1) is 14.1. The Bertz CT molecular complexity index is 392. The lowest BCUT2D eigenvalue weighted by Crippen LogP contribution is -2.33. The molecule has 1 aromatic carbocycles. The molecule has 0 bridgehead atoms. The first-order chi connectivity index (χ1) is 9.28. The number of carbonyl (C=O) groups excluding carboxylic acids is 1. The van der Waals surface area contributed by atoms with Gasteiger partial charge >= 0.3 is 0 Å². The van der Waals surface area contributed by atoms with Gasteiger partial charge in [0.1, 0.15) is 0 Å². The molecule has 0 unspecified atom stereocenters. The van der Waals surface area contributed by atoms with Crippen LogP contribution in [0.15, 0.2) is 24.3 Å². The number of aryl methyl sites for hydroxylation is 1. The van der Waals surface area contributed by atoms with Crippen LogP contribution in [0, 0.1) is 0 Å². The molecule has 1 saturated heterocycles. The number of hydrogen-bond donors (Lipinski definition) is 1. The van der Waals surface area contributed by atoms with Gasteiger partial charge in [-0.25, -0.2) is 0 Å². The molecule has 0 radical (unpaired) electrons. The molecular formula is C16H24N2O. The number of rotatable bonds is 4. The van der Waals surface area contributed by atoms with Crippen LogP contribution in [-0.4, -0.2) is 30.4 Å². The van der Waals surface area contributed by atoms with E-state index in [2.05, 4.69) is 29.3 Å². The molecule has 0 aromatic heterocycles. The molecular weight excluding hydrogens is 236 g/mol. The Kier molecular flexibility index (Phi) is 5.40. The van der Waals surface area contributed by atoms with Crippen LogP contribution in [0.4, 0.5) is 5.69 Å². The third-order valence-corrected chi connectivity index (χ3v) is 3.71. The number of carbonyl (C=O) groups is 1. The fourth-order valence-corrected chi connectivity index (χ4v) is 2.52. The summed E-state index contributed by atoms with van der Waals surface area (Å²) in [5.74, 6) is 0.103. The molecule has 1 aliphatic heterocycles. The Balaban J connectivity index is 1.82. The van der Waals surface area contributed by atoms with Crippen molar-refractivity contribution in [1.82, 2.24) is 4.90 Å². The molecule has 1 fully saturated rings. The van der Waals surface area contributed by atoms with Gasteiger partial charge in [0.15, 0.2) is 0 Å². The first-order valence-electron chi connectivity index (χ1n) is 7.39. The number of nitrogens with one attached hydrogen (secondary N) is 1. The average molecular weight is 260 g/mol. The van der Waals surface area contributed by atoms with Gasteiger partial charge < -0.3 is 5.32 Å². The maximum atomic E-state index is 12.0. The van der Waals surface area contributed by atoms with Crippen molar-refractivity contribution in [2.75, 3.05) is 25.0 Å². The van der Waals surface area contributed by atoms with Gasteiger partial charge in [-0.2, -0.15) is 0 Å². The second-order valence-corrected chi connectivity index (χ2v) is 5.29. The molecule has 1 N–H and O–H groups in total. The maximum Gasteiger partial charge on any atom is 0.238 e. The Morgan fingerprint density at radius 1 is 1.11 bits per heavy atom. The van der Waals surface area contributed by atoms with E-state index in [9.17, 15) is 4.79 Å². The Labute approximate surface area is 116 Å². The highest BCUT2D eigenvalue weighted by Crippen LogP contribution is 2.12. The molecule has 0 aliphatic carbocycles. The molecule has 1 aromatic rings. The Morgan fingerprint density at radius 2 is 1.74 bits per heavy atom. The monoisotopic (exact) mass is 260 g/mol. The molecule has 2 rings (SSSR count). The smallest absolute Gasteiger partial charge is 0.238 e. The minimum Gasteiger partial charge on any atom is -0.325 e. The van der Waals surface area contributed by atoms with Crippen molar-refractivity contribution in [2.24, 2.45) is 0 Å². The number of likely N-dealkylation sites (tertiary alicyclic amines) is 1. The fraction of sp³-hybridized carbons (Fsp3) is 0.562. The zero-order valence-corrected chi connectivity index (χ0v) is 11.8. The minimum absolute atomic E-state index is 0.103. The summed E-state index contributed by atoms with van der Waals surface area (Å²) in [7, 11) is 0. The van der Waals surface area contributed by atoms with E-state index in [4.69, 9.17) is 0 Å². The van der Waals surface area contributed by atoms with Crippen molar-refractivity contribution in [3.8, 4) is 0 Å². The highest BCUT2D eigenvalue weighted by molar-refractivity contribution is 5.92. The quantitative estimate of drug-likeness (QED) is 0.902. The van der Waals surface area contributed by atoms with E-state index in [1.165, 1.54) is 31.2 Å². The lowest BCUT2D eigenvalue weighted by Gasteiger charge is -2.19. The fourth-order valence-electron chi connectivity index (χ4n) is 2.52. The van der Waals surface area contributed by atoms with Gasteiger partial charge in [0.2, 0.25) is 5.91 Å². The van der Waals surface area contributed by atoms with Crippen LogP contribution < -0.4 is 5.32 Å². The van der Waals surface area contributed by atoms with E-state index >= 15 is 0 Å². The molecule has 104 valence electrons. The largest absolute Gasteiger partial charge is 0.325 e. The SMILES string of the molecule is CCc1ccc(NC(=O)CN2CCCCCC2)cc1. The zero-order chi connectivity index (χ0) is 13.5. The van der Waals surface area contributed by atoms with Crippen LogP contribution in [-0.2, 0) is 11.2 Å². The summed E-state index contributed by atoms with van der Waals surface area (Å²) in [6.45, 7) is 4.77. The number of amides is 1. The third kappa shape index (κ3) is 4.67. The van der Waals surface area contributed by atoms with E-state index in [1.807, 2.05) is 12.1 Å². The van der Waals surface area contributed by atoms with Gasteiger partial charge in [-0.3, -0.25) is 9.69 Å². The van der Waals surface area contributed by atoms with Gasteiger partial charge in [0, 0.05) is 5.69 Å². The van der Waals surface area contributed by atoms with E-state index < -0.39 is 0 Å². The minimum atomic E-state index is 0.103. The van der Waals surface area contributed by atoms with Crippen LogP contribution in [0.25, 0.3) is 0 Å². The molecule has 0 atom stereocenters. The standard InChI is InChI=1S/C16H24N2O/c1-2-14-7-9-15(10-8-14)17-16(19)13-18-11-5-3-4-6-12-18/h7-10H,2-6,11-13H2,1H3,(H,17,19). The van der Waals surface area contributed by atoms with Gasteiger partial charge in [-0.1, -0.05) is 31.9 Å². The van der Waals surface area contributed by atoms with Crippen molar-refractivity contribution in [2.45, 2.75) is 39.0 Å². The van der Waals surface area contributed by atoms with Gasteiger partial charge in [-0.05, 0) is 50.0 Å². The number of anilines is 1. The summed E-state index contributed by atoms with van der Waals surface area (Å²) < 4.78 is 0. The summed E-state index contributed by atoms with van der Waals surface area (Å²) in [4.78, 5) is 14.3. The maximum absolute atomic E-state index is 12.0. The molecule has 19 heavy (non-hydrogen) atoms. The van der Waals surface area contributed by atoms with Crippen LogP contribution in [0.3, 0.4) is 0 Å². The average Bonchev–Trinajstić information content (AvgIpc) is 2.68. The van der Waals surface area contributed by atoms with E-state index in [1.54, 1.807) is 0 Å². The molecule has 1 amide bonds. The Hall–Kier alpha value is -1.35. The lowest BCUT2D eigenvalue weighted by molar-refractivity contribution is -0.117. The molecule has 0 saturated carbocycles. The summed E-state index contributed by atoms with van der Waals surface area (Å²) >= 11 is 0. The van der Waals surface area contributed by atoms with Crippen LogP contribution in [0.2, 0.25) is 0 Å². The van der Waals surface area contributed by atoms with Gasteiger partial charge in [0.05, 0.1) is 6.54 Å². The van der Waals surface area contributed by atoms with Crippen LogP contribution in [0.1, 0.15) is 38.2 Å². The second kappa shape index (κ2) is 7.29. The predicted molar refractivity (Wildman–Crippen MR) is 79.4 cm³/mol. The van der Waals surface area contributed by atoms with Gasteiger partial charge in [-0.15, -0.1) is 0 Å². The third-order valence-electron chi connectivity index (χ3n) is 3.71. The van der Waals surface area contributed by atoms with Crippen LogP contribution >= 0.6 is 0 Å². The first-order valence-corrected chi connectivity index (χ1v) is 7.39. The molecule has 1 heterocycles. The van der Waals surface area contributed by atoms with Crippen molar-refractivity contribution in [3.63, 3.8) is 0 Å². The summed E-state index contributed by atoms with van der Waals surface area (Å²) in [5.41, 5.74) is 2.20.